The van der Waals surface area contributed by atoms with Gasteiger partial charge in [0, 0.05) is 6.04 Å². The summed E-state index contributed by atoms with van der Waals surface area (Å²) in [7, 11) is 0. The summed E-state index contributed by atoms with van der Waals surface area (Å²) >= 11 is 0. The third-order valence-corrected chi connectivity index (χ3v) is 3.67. The van der Waals surface area contributed by atoms with E-state index < -0.39 is 0 Å². The van der Waals surface area contributed by atoms with Gasteiger partial charge in [-0.25, -0.2) is 4.98 Å². The number of nitrogens with zero attached hydrogens (tertiary/aromatic N) is 1. The zero-order valence-electron chi connectivity index (χ0n) is 10.7. The molecule has 0 atom stereocenters. The van der Waals surface area contributed by atoms with Gasteiger partial charge in [-0.15, -0.1) is 0 Å². The van der Waals surface area contributed by atoms with Gasteiger partial charge in [0.25, 0.3) is 0 Å². The Morgan fingerprint density at radius 1 is 1.29 bits per heavy atom. The maximum Gasteiger partial charge on any atom is 0.128 e. The van der Waals surface area contributed by atoms with Gasteiger partial charge in [-0.1, -0.05) is 25.8 Å². The topological polar surface area (TPSA) is 50.9 Å². The van der Waals surface area contributed by atoms with Crippen LogP contribution in [0, 0.1) is 5.92 Å². The second-order valence-electron chi connectivity index (χ2n) is 5.10. The molecule has 0 aromatic carbocycles. The normalized spacial score (nSPS) is 24.5. The van der Waals surface area contributed by atoms with Gasteiger partial charge >= 0.3 is 0 Å². The van der Waals surface area contributed by atoms with Gasteiger partial charge in [-0.3, -0.25) is 0 Å². The van der Waals surface area contributed by atoms with Crippen molar-refractivity contribution < 1.29 is 0 Å². The molecule has 0 aliphatic heterocycles. The molecule has 2 rings (SSSR count). The number of anilines is 2. The third kappa shape index (κ3) is 3.62. The molecule has 1 aliphatic rings. The fourth-order valence-electron chi connectivity index (χ4n) is 2.74. The Bertz CT molecular complexity index is 343. The summed E-state index contributed by atoms with van der Waals surface area (Å²) in [5.41, 5.74) is 5.67. The van der Waals surface area contributed by atoms with Crippen molar-refractivity contribution in [2.45, 2.75) is 51.5 Å². The van der Waals surface area contributed by atoms with Crippen LogP contribution in [0.1, 0.15) is 45.4 Å². The lowest BCUT2D eigenvalue weighted by Crippen LogP contribution is -2.26. The molecule has 0 unspecified atom stereocenters. The molecule has 1 aliphatic carbocycles. The van der Waals surface area contributed by atoms with Gasteiger partial charge in [0.2, 0.25) is 0 Å². The Hall–Kier alpha value is -1.25. The molecule has 1 fully saturated rings. The van der Waals surface area contributed by atoms with Gasteiger partial charge < -0.3 is 11.1 Å². The van der Waals surface area contributed by atoms with Gasteiger partial charge in [0.15, 0.2) is 0 Å². The minimum Gasteiger partial charge on any atom is -0.384 e. The highest BCUT2D eigenvalue weighted by atomic mass is 15.0. The summed E-state index contributed by atoms with van der Waals surface area (Å²) in [6, 6.07) is 6.35. The van der Waals surface area contributed by atoms with E-state index in [2.05, 4.69) is 17.2 Å². The lowest BCUT2D eigenvalue weighted by atomic mass is 9.83. The molecular formula is C14H23N3. The Labute approximate surface area is 104 Å². The average Bonchev–Trinajstić information content (AvgIpc) is 2.32. The van der Waals surface area contributed by atoms with E-state index in [9.17, 15) is 0 Å². The predicted molar refractivity (Wildman–Crippen MR) is 72.9 cm³/mol. The maximum atomic E-state index is 5.67. The van der Waals surface area contributed by atoms with Crippen molar-refractivity contribution in [2.75, 3.05) is 11.1 Å². The first-order chi connectivity index (χ1) is 8.28. The van der Waals surface area contributed by atoms with Gasteiger partial charge in [0.05, 0.1) is 0 Å². The summed E-state index contributed by atoms with van der Waals surface area (Å²) in [5.74, 6) is 2.46. The van der Waals surface area contributed by atoms with E-state index in [-0.39, 0.29) is 0 Å². The fraction of sp³-hybridized carbons (Fsp3) is 0.643. The SMILES string of the molecule is CCCC1CCC(Nc2cccc(N)n2)CC1. The molecule has 0 bridgehead atoms. The van der Waals surface area contributed by atoms with E-state index in [4.69, 9.17) is 5.73 Å². The van der Waals surface area contributed by atoms with E-state index in [0.29, 0.717) is 11.9 Å². The van der Waals surface area contributed by atoms with Crippen molar-refractivity contribution in [1.29, 1.82) is 0 Å². The number of nitrogen functional groups attached to an aromatic ring is 1. The van der Waals surface area contributed by atoms with Crippen LogP contribution in [0.5, 0.6) is 0 Å². The van der Waals surface area contributed by atoms with Crippen LogP contribution in [0.2, 0.25) is 0 Å². The van der Waals surface area contributed by atoms with Crippen LogP contribution in [-0.2, 0) is 0 Å². The molecule has 1 aromatic heterocycles. The number of nitrogens with two attached hydrogens (primary N) is 1. The summed E-state index contributed by atoms with van der Waals surface area (Å²) in [4.78, 5) is 4.29. The Kier molecular flexibility index (Phi) is 4.24. The molecule has 0 saturated heterocycles. The molecule has 17 heavy (non-hydrogen) atoms. The lowest BCUT2D eigenvalue weighted by molar-refractivity contribution is 0.318. The minimum absolute atomic E-state index is 0.581. The first kappa shape index (κ1) is 12.2. The Balaban J connectivity index is 1.82. The van der Waals surface area contributed by atoms with Crippen LogP contribution in [0.25, 0.3) is 0 Å². The summed E-state index contributed by atoms with van der Waals surface area (Å²) in [6.07, 6.45) is 7.95. The lowest BCUT2D eigenvalue weighted by Gasteiger charge is -2.29. The van der Waals surface area contributed by atoms with Crippen LogP contribution in [0.4, 0.5) is 11.6 Å². The highest BCUT2D eigenvalue weighted by Gasteiger charge is 2.20. The fourth-order valence-corrected chi connectivity index (χ4v) is 2.74. The summed E-state index contributed by atoms with van der Waals surface area (Å²) in [6.45, 7) is 2.28. The predicted octanol–water partition coefficient (Wildman–Crippen LogP) is 3.43. The number of aromatic nitrogens is 1. The van der Waals surface area contributed by atoms with E-state index in [1.54, 1.807) is 0 Å². The van der Waals surface area contributed by atoms with E-state index >= 15 is 0 Å². The molecular weight excluding hydrogens is 210 g/mol. The molecule has 1 saturated carbocycles. The maximum absolute atomic E-state index is 5.67. The smallest absolute Gasteiger partial charge is 0.128 e. The second kappa shape index (κ2) is 5.89. The number of rotatable bonds is 4. The third-order valence-electron chi connectivity index (χ3n) is 3.67. The van der Waals surface area contributed by atoms with Crippen molar-refractivity contribution in [3.8, 4) is 0 Å². The summed E-state index contributed by atoms with van der Waals surface area (Å²) in [5, 5.41) is 3.49. The van der Waals surface area contributed by atoms with Gasteiger partial charge in [0.1, 0.15) is 11.6 Å². The molecule has 94 valence electrons. The van der Waals surface area contributed by atoms with Gasteiger partial charge in [-0.05, 0) is 43.7 Å². The first-order valence-electron chi connectivity index (χ1n) is 6.77. The van der Waals surface area contributed by atoms with Crippen molar-refractivity contribution in [3.63, 3.8) is 0 Å². The average molecular weight is 233 g/mol. The monoisotopic (exact) mass is 233 g/mol. The Morgan fingerprint density at radius 3 is 2.71 bits per heavy atom. The van der Waals surface area contributed by atoms with Crippen molar-refractivity contribution >= 4 is 11.6 Å². The van der Waals surface area contributed by atoms with Crippen molar-refractivity contribution in [3.05, 3.63) is 18.2 Å². The molecule has 1 aromatic rings. The molecule has 1 heterocycles. The van der Waals surface area contributed by atoms with Crippen LogP contribution in [-0.4, -0.2) is 11.0 Å². The van der Waals surface area contributed by atoms with Crippen molar-refractivity contribution in [1.82, 2.24) is 4.98 Å². The standard InChI is InChI=1S/C14H23N3/c1-2-4-11-7-9-12(10-8-11)16-14-6-3-5-13(15)17-14/h3,5-6,11-12H,2,4,7-10H2,1H3,(H3,15,16,17). The zero-order valence-corrected chi connectivity index (χ0v) is 10.7. The number of pyridine rings is 1. The molecule has 0 radical (unpaired) electrons. The van der Waals surface area contributed by atoms with Crippen molar-refractivity contribution in [2.24, 2.45) is 5.92 Å². The number of hydrogen-bond donors (Lipinski definition) is 2. The van der Waals surface area contributed by atoms with Crippen LogP contribution < -0.4 is 11.1 Å². The Morgan fingerprint density at radius 2 is 2.06 bits per heavy atom. The van der Waals surface area contributed by atoms with Crippen LogP contribution in [0.15, 0.2) is 18.2 Å². The molecule has 0 amide bonds. The minimum atomic E-state index is 0.581. The molecule has 3 N–H and O–H groups in total. The number of nitrogens with one attached hydrogen (secondary N) is 1. The second-order valence-corrected chi connectivity index (χ2v) is 5.10. The van der Waals surface area contributed by atoms with E-state index in [1.807, 2.05) is 18.2 Å². The highest BCUT2D eigenvalue weighted by molar-refractivity contribution is 5.42. The van der Waals surface area contributed by atoms with E-state index in [0.717, 1.165) is 11.7 Å². The largest absolute Gasteiger partial charge is 0.384 e. The molecule has 3 heteroatoms. The van der Waals surface area contributed by atoms with Gasteiger partial charge in [-0.2, -0.15) is 0 Å². The van der Waals surface area contributed by atoms with Crippen LogP contribution in [0.3, 0.4) is 0 Å². The van der Waals surface area contributed by atoms with E-state index in [1.165, 1.54) is 38.5 Å². The quantitative estimate of drug-likeness (QED) is 0.837. The first-order valence-corrected chi connectivity index (χ1v) is 6.77. The molecule has 0 spiro atoms. The summed E-state index contributed by atoms with van der Waals surface area (Å²) < 4.78 is 0. The number of hydrogen-bond acceptors (Lipinski definition) is 3. The van der Waals surface area contributed by atoms with Crippen LogP contribution >= 0.6 is 0 Å². The highest BCUT2D eigenvalue weighted by Crippen LogP contribution is 2.29. The molecule has 3 nitrogen and oxygen atoms in total. The zero-order chi connectivity index (χ0) is 12.1.